The van der Waals surface area contributed by atoms with Crippen LogP contribution in [0.15, 0.2) is 18.2 Å². The number of alkyl halides is 3. The summed E-state index contributed by atoms with van der Waals surface area (Å²) in [5.74, 6) is -2.78. The van der Waals surface area contributed by atoms with Gasteiger partial charge in [0.2, 0.25) is 5.91 Å². The van der Waals surface area contributed by atoms with Gasteiger partial charge in [0.05, 0.1) is 22.4 Å². The normalized spacial score (nSPS) is 19.6. The summed E-state index contributed by atoms with van der Waals surface area (Å²) in [6.45, 7) is 0.653. The Labute approximate surface area is 177 Å². The van der Waals surface area contributed by atoms with Crippen LogP contribution in [-0.2, 0) is 20.7 Å². The van der Waals surface area contributed by atoms with Crippen LogP contribution in [0, 0.1) is 18.8 Å². The van der Waals surface area contributed by atoms with Crippen molar-refractivity contribution in [3.8, 4) is 0 Å². The fraction of sp³-hybridized carbons (Fsp3) is 0.524. The van der Waals surface area contributed by atoms with Crippen LogP contribution in [0.3, 0.4) is 0 Å². The molecule has 0 radical (unpaired) electrons. The summed E-state index contributed by atoms with van der Waals surface area (Å²) in [6, 6.07) is 5.61. The van der Waals surface area contributed by atoms with Crippen LogP contribution in [-0.4, -0.2) is 36.2 Å². The first-order valence-electron chi connectivity index (χ1n) is 9.94. The number of fused-ring (bicyclic) bond motifs is 1. The van der Waals surface area contributed by atoms with Crippen LogP contribution in [0.2, 0.25) is 5.02 Å². The number of amides is 1. The fourth-order valence-electron chi connectivity index (χ4n) is 4.12. The second kappa shape index (κ2) is 9.29. The third kappa shape index (κ3) is 5.28. The van der Waals surface area contributed by atoms with E-state index in [4.69, 9.17) is 11.6 Å². The number of nitrogens with one attached hydrogen (secondary N) is 2. The SMILES string of the molecule is Cc1[nH]c2c(Cl)cccc2c1CCNC(=O)[C@H]1CCCC[C@@H]1C(=O)OCC(F)(F)F. The van der Waals surface area contributed by atoms with Gasteiger partial charge in [-0.3, -0.25) is 9.59 Å². The minimum absolute atomic E-state index is 0.320. The first-order chi connectivity index (χ1) is 14.2. The average molecular weight is 445 g/mol. The number of rotatable bonds is 6. The second-order valence-corrected chi connectivity index (χ2v) is 8.06. The minimum Gasteiger partial charge on any atom is -0.456 e. The predicted molar refractivity (Wildman–Crippen MR) is 107 cm³/mol. The molecule has 0 bridgehead atoms. The Hall–Kier alpha value is -2.22. The van der Waals surface area contributed by atoms with E-state index < -0.39 is 30.6 Å². The van der Waals surface area contributed by atoms with Crippen molar-refractivity contribution in [2.45, 2.75) is 45.2 Å². The van der Waals surface area contributed by atoms with Crippen molar-refractivity contribution < 1.29 is 27.5 Å². The monoisotopic (exact) mass is 444 g/mol. The number of aryl methyl sites for hydroxylation is 1. The molecule has 0 unspecified atom stereocenters. The molecule has 1 fully saturated rings. The van der Waals surface area contributed by atoms with E-state index in [2.05, 4.69) is 15.0 Å². The van der Waals surface area contributed by atoms with Crippen molar-refractivity contribution in [2.75, 3.05) is 13.2 Å². The molecule has 1 aromatic carbocycles. The van der Waals surface area contributed by atoms with Crippen LogP contribution < -0.4 is 5.32 Å². The molecule has 9 heteroatoms. The smallest absolute Gasteiger partial charge is 0.422 e. The summed E-state index contributed by atoms with van der Waals surface area (Å²) in [6.07, 6.45) is -1.77. The third-order valence-electron chi connectivity index (χ3n) is 5.56. The number of H-pyrrole nitrogens is 1. The van der Waals surface area contributed by atoms with Gasteiger partial charge >= 0.3 is 12.1 Å². The van der Waals surface area contributed by atoms with Crippen molar-refractivity contribution in [1.29, 1.82) is 0 Å². The molecular weight excluding hydrogens is 421 g/mol. The molecule has 1 amide bonds. The first-order valence-corrected chi connectivity index (χ1v) is 10.3. The summed E-state index contributed by atoms with van der Waals surface area (Å²) < 4.78 is 41.4. The number of carbonyl (C=O) groups is 2. The van der Waals surface area contributed by atoms with Crippen molar-refractivity contribution in [2.24, 2.45) is 11.8 Å². The topological polar surface area (TPSA) is 71.2 Å². The molecule has 5 nitrogen and oxygen atoms in total. The zero-order valence-corrected chi connectivity index (χ0v) is 17.3. The molecule has 164 valence electrons. The number of benzene rings is 1. The van der Waals surface area contributed by atoms with Crippen LogP contribution in [0.5, 0.6) is 0 Å². The van der Waals surface area contributed by atoms with E-state index in [9.17, 15) is 22.8 Å². The van der Waals surface area contributed by atoms with Crippen molar-refractivity contribution in [3.05, 3.63) is 34.5 Å². The Morgan fingerprint density at radius 3 is 2.63 bits per heavy atom. The van der Waals surface area contributed by atoms with Crippen LogP contribution in [0.4, 0.5) is 13.2 Å². The quantitative estimate of drug-likeness (QED) is 0.634. The van der Waals surface area contributed by atoms with Gasteiger partial charge in [-0.15, -0.1) is 0 Å². The van der Waals surface area contributed by atoms with Crippen LogP contribution in [0.1, 0.15) is 36.9 Å². The maximum absolute atomic E-state index is 12.7. The first kappa shape index (κ1) is 22.5. The highest BCUT2D eigenvalue weighted by molar-refractivity contribution is 6.35. The Morgan fingerprint density at radius 1 is 1.23 bits per heavy atom. The number of aromatic amines is 1. The number of halogens is 4. The van der Waals surface area contributed by atoms with Crippen LogP contribution in [0.25, 0.3) is 10.9 Å². The molecule has 0 aliphatic heterocycles. The number of hydrogen-bond acceptors (Lipinski definition) is 3. The van der Waals surface area contributed by atoms with Crippen molar-refractivity contribution in [1.82, 2.24) is 10.3 Å². The number of hydrogen-bond donors (Lipinski definition) is 2. The van der Waals surface area contributed by atoms with Gasteiger partial charge in [0.15, 0.2) is 6.61 Å². The summed E-state index contributed by atoms with van der Waals surface area (Å²) in [5, 5.41) is 4.44. The van der Waals surface area contributed by atoms with E-state index in [1.165, 1.54) is 0 Å². The second-order valence-electron chi connectivity index (χ2n) is 7.65. The van der Waals surface area contributed by atoms with Gasteiger partial charge in [0, 0.05) is 17.6 Å². The lowest BCUT2D eigenvalue weighted by molar-refractivity contribution is -0.191. The summed E-state index contributed by atoms with van der Waals surface area (Å²) in [5.41, 5.74) is 2.84. The highest BCUT2D eigenvalue weighted by Crippen LogP contribution is 2.32. The fourth-order valence-corrected chi connectivity index (χ4v) is 4.34. The summed E-state index contributed by atoms with van der Waals surface area (Å²) in [4.78, 5) is 28.0. The van der Waals surface area contributed by atoms with Gasteiger partial charge in [0.1, 0.15) is 0 Å². The summed E-state index contributed by atoms with van der Waals surface area (Å²) >= 11 is 6.21. The Morgan fingerprint density at radius 2 is 1.93 bits per heavy atom. The molecular formula is C21H24ClF3N2O3. The molecule has 1 heterocycles. The predicted octanol–water partition coefficient (Wildman–Crippen LogP) is 4.70. The van der Waals surface area contributed by atoms with Gasteiger partial charge in [-0.25, -0.2) is 0 Å². The van der Waals surface area contributed by atoms with Crippen molar-refractivity contribution >= 4 is 34.4 Å². The third-order valence-corrected chi connectivity index (χ3v) is 5.88. The van der Waals surface area contributed by atoms with E-state index in [-0.39, 0.29) is 5.91 Å². The molecule has 1 aromatic heterocycles. The molecule has 1 aliphatic rings. The van der Waals surface area contributed by atoms with E-state index in [1.807, 2.05) is 19.1 Å². The lowest BCUT2D eigenvalue weighted by Gasteiger charge is -2.29. The van der Waals surface area contributed by atoms with E-state index in [0.29, 0.717) is 37.3 Å². The number of carbonyl (C=O) groups excluding carboxylic acids is 2. The highest BCUT2D eigenvalue weighted by atomic mass is 35.5. The summed E-state index contributed by atoms with van der Waals surface area (Å²) in [7, 11) is 0. The molecule has 30 heavy (non-hydrogen) atoms. The van der Waals surface area contributed by atoms with E-state index in [0.717, 1.165) is 28.6 Å². The lowest BCUT2D eigenvalue weighted by atomic mass is 9.78. The zero-order chi connectivity index (χ0) is 21.9. The lowest BCUT2D eigenvalue weighted by Crippen LogP contribution is -2.41. The molecule has 2 N–H and O–H groups in total. The number of esters is 1. The number of para-hydroxylation sites is 1. The molecule has 2 atom stereocenters. The van der Waals surface area contributed by atoms with E-state index >= 15 is 0 Å². The molecule has 0 spiro atoms. The molecule has 0 saturated heterocycles. The zero-order valence-electron chi connectivity index (χ0n) is 16.6. The Bertz CT molecular complexity index is 926. The largest absolute Gasteiger partial charge is 0.456 e. The molecule has 1 aliphatic carbocycles. The Balaban J connectivity index is 1.60. The number of ether oxygens (including phenoxy) is 1. The van der Waals surface area contributed by atoms with Crippen molar-refractivity contribution in [3.63, 3.8) is 0 Å². The van der Waals surface area contributed by atoms with E-state index in [1.54, 1.807) is 6.07 Å². The standard InChI is InChI=1S/C21H24ClF3N2O3/c1-12-13(14-7-4-8-17(22)18(14)27-12)9-10-26-19(28)15-5-2-3-6-16(15)20(29)30-11-21(23,24)25/h4,7-8,15-16,27H,2-3,5-6,9-11H2,1H3,(H,26,28)/t15-,16-/m0/s1. The van der Waals surface area contributed by atoms with Crippen LogP contribution >= 0.6 is 11.6 Å². The maximum atomic E-state index is 12.7. The number of aromatic nitrogens is 1. The average Bonchev–Trinajstić information content (AvgIpc) is 3.02. The Kier molecular flexibility index (Phi) is 6.95. The molecule has 2 aromatic rings. The van der Waals surface area contributed by atoms with Gasteiger partial charge in [-0.1, -0.05) is 36.6 Å². The minimum atomic E-state index is -4.58. The highest BCUT2D eigenvalue weighted by Gasteiger charge is 2.38. The molecule has 1 saturated carbocycles. The maximum Gasteiger partial charge on any atom is 0.422 e. The van der Waals surface area contributed by atoms with Gasteiger partial charge in [0.25, 0.3) is 0 Å². The van der Waals surface area contributed by atoms with Gasteiger partial charge in [-0.05, 0) is 37.8 Å². The molecule has 3 rings (SSSR count). The van der Waals surface area contributed by atoms with Gasteiger partial charge in [-0.2, -0.15) is 13.2 Å². The van der Waals surface area contributed by atoms with Gasteiger partial charge < -0.3 is 15.0 Å².